The maximum absolute atomic E-state index is 5.99. The smallest absolute Gasteiger partial charge is 0.136 e. The van der Waals surface area contributed by atoms with E-state index in [0.29, 0.717) is 13.2 Å². The Balaban J connectivity index is 1.70. The molecule has 1 atom stereocenters. The number of rotatable bonds is 7. The number of imidazole rings is 1. The van der Waals surface area contributed by atoms with Gasteiger partial charge in [0, 0.05) is 22.4 Å². The molecule has 0 N–H and O–H groups in total. The van der Waals surface area contributed by atoms with Crippen molar-refractivity contribution in [3.8, 4) is 5.75 Å². The second-order valence-electron chi connectivity index (χ2n) is 6.80. The fourth-order valence-electron chi connectivity index (χ4n) is 3.54. The van der Waals surface area contributed by atoms with Gasteiger partial charge in [-0.05, 0) is 48.9 Å². The summed E-state index contributed by atoms with van der Waals surface area (Å²) in [5.41, 5.74) is 4.19. The lowest BCUT2D eigenvalue weighted by Gasteiger charge is -2.20. The molecule has 0 aliphatic heterocycles. The van der Waals surface area contributed by atoms with Gasteiger partial charge in [0.2, 0.25) is 0 Å². The molecule has 29 heavy (non-hydrogen) atoms. The van der Waals surface area contributed by atoms with E-state index in [2.05, 4.69) is 44.5 Å². The Labute approximate surface area is 178 Å². The van der Waals surface area contributed by atoms with Crippen molar-refractivity contribution in [3.63, 3.8) is 0 Å². The topological polar surface area (TPSA) is 49.2 Å². The molecule has 0 aliphatic rings. The van der Waals surface area contributed by atoms with Crippen LogP contribution in [0.3, 0.4) is 0 Å². The lowest BCUT2D eigenvalue weighted by molar-refractivity contribution is 0.0991. The van der Waals surface area contributed by atoms with E-state index in [4.69, 9.17) is 14.5 Å². The average Bonchev–Trinajstić information content (AvgIpc) is 3.11. The number of benzene rings is 2. The molecule has 2 aromatic heterocycles. The van der Waals surface area contributed by atoms with Crippen molar-refractivity contribution in [1.82, 2.24) is 14.5 Å². The molecule has 0 amide bonds. The summed E-state index contributed by atoms with van der Waals surface area (Å²) in [4.78, 5) is 8.90. The molecule has 5 nitrogen and oxygen atoms in total. The molecule has 4 aromatic rings. The van der Waals surface area contributed by atoms with Gasteiger partial charge in [-0.2, -0.15) is 0 Å². The van der Waals surface area contributed by atoms with Gasteiger partial charge in [0.05, 0.1) is 30.8 Å². The summed E-state index contributed by atoms with van der Waals surface area (Å²) in [5.74, 6) is 1.74. The van der Waals surface area contributed by atoms with E-state index in [-0.39, 0.29) is 6.04 Å². The van der Waals surface area contributed by atoms with Gasteiger partial charge in [0.1, 0.15) is 18.2 Å². The molecule has 4 rings (SSSR count). The first kappa shape index (κ1) is 19.6. The van der Waals surface area contributed by atoms with Crippen LogP contribution < -0.4 is 4.74 Å². The Morgan fingerprint density at radius 3 is 2.62 bits per heavy atom. The monoisotopic (exact) mass is 451 g/mol. The minimum Gasteiger partial charge on any atom is -0.496 e. The van der Waals surface area contributed by atoms with Gasteiger partial charge < -0.3 is 14.0 Å². The highest BCUT2D eigenvalue weighted by atomic mass is 79.9. The van der Waals surface area contributed by atoms with Crippen LogP contribution in [0.1, 0.15) is 29.9 Å². The lowest BCUT2D eigenvalue weighted by Crippen LogP contribution is -2.13. The van der Waals surface area contributed by atoms with Crippen LogP contribution >= 0.6 is 15.9 Å². The number of hydrogen-bond acceptors (Lipinski definition) is 4. The SMILES string of the molecule is COc1ccccc1C(C)n1c(COCc2ccncc2)nc2ccc(Br)cc21. The van der Waals surface area contributed by atoms with Crippen molar-refractivity contribution in [2.24, 2.45) is 0 Å². The highest BCUT2D eigenvalue weighted by Gasteiger charge is 2.20. The molecule has 6 heteroatoms. The Bertz CT molecular complexity index is 1110. The summed E-state index contributed by atoms with van der Waals surface area (Å²) in [6.45, 7) is 3.08. The molecule has 0 saturated heterocycles. The Morgan fingerprint density at radius 1 is 1.03 bits per heavy atom. The maximum Gasteiger partial charge on any atom is 0.136 e. The molecular formula is C23H22BrN3O2. The van der Waals surface area contributed by atoms with E-state index in [1.807, 2.05) is 42.5 Å². The predicted octanol–water partition coefficient (Wildman–Crippen LogP) is 5.53. The second-order valence-corrected chi connectivity index (χ2v) is 7.71. The van der Waals surface area contributed by atoms with Crippen LogP contribution in [-0.4, -0.2) is 21.6 Å². The first-order chi connectivity index (χ1) is 14.2. The molecule has 1 unspecified atom stereocenters. The first-order valence-electron chi connectivity index (χ1n) is 9.43. The van der Waals surface area contributed by atoms with Gasteiger partial charge in [-0.3, -0.25) is 4.98 Å². The highest BCUT2D eigenvalue weighted by molar-refractivity contribution is 9.10. The third-order valence-electron chi connectivity index (χ3n) is 4.95. The summed E-state index contributed by atoms with van der Waals surface area (Å²) in [6.07, 6.45) is 3.55. The maximum atomic E-state index is 5.99. The molecule has 148 valence electrons. The summed E-state index contributed by atoms with van der Waals surface area (Å²) in [6, 6.07) is 18.2. The highest BCUT2D eigenvalue weighted by Crippen LogP contribution is 2.32. The quantitative estimate of drug-likeness (QED) is 0.370. The fraction of sp³-hybridized carbons (Fsp3) is 0.217. The molecule has 0 aliphatic carbocycles. The number of fused-ring (bicyclic) bond motifs is 1. The van der Waals surface area contributed by atoms with Gasteiger partial charge in [0.25, 0.3) is 0 Å². The van der Waals surface area contributed by atoms with E-state index in [0.717, 1.165) is 38.2 Å². The van der Waals surface area contributed by atoms with E-state index in [9.17, 15) is 0 Å². The molecular weight excluding hydrogens is 430 g/mol. The van der Waals surface area contributed by atoms with Gasteiger partial charge in [-0.25, -0.2) is 4.98 Å². The van der Waals surface area contributed by atoms with Gasteiger partial charge in [-0.1, -0.05) is 34.1 Å². The number of pyridine rings is 1. The van der Waals surface area contributed by atoms with E-state index in [1.165, 1.54) is 0 Å². The number of para-hydroxylation sites is 1. The third kappa shape index (κ3) is 4.18. The van der Waals surface area contributed by atoms with Crippen molar-refractivity contribution in [2.75, 3.05) is 7.11 Å². The Morgan fingerprint density at radius 2 is 1.83 bits per heavy atom. The third-order valence-corrected chi connectivity index (χ3v) is 5.44. The standard InChI is InChI=1S/C23H22BrN3O2/c1-16(19-5-3-4-6-22(19)28-2)27-21-13-18(24)7-8-20(21)26-23(27)15-29-14-17-9-11-25-12-10-17/h3-13,16H,14-15H2,1-2H3. The van der Waals surface area contributed by atoms with E-state index >= 15 is 0 Å². The number of hydrogen-bond donors (Lipinski definition) is 0. The Kier molecular flexibility index (Phi) is 5.92. The van der Waals surface area contributed by atoms with Gasteiger partial charge in [0.15, 0.2) is 0 Å². The van der Waals surface area contributed by atoms with Crippen LogP contribution in [0.5, 0.6) is 5.75 Å². The van der Waals surface area contributed by atoms with Crippen molar-refractivity contribution in [1.29, 1.82) is 0 Å². The predicted molar refractivity (Wildman–Crippen MR) is 117 cm³/mol. The molecule has 0 spiro atoms. The fourth-order valence-corrected chi connectivity index (χ4v) is 3.89. The van der Waals surface area contributed by atoms with Gasteiger partial charge in [-0.15, -0.1) is 0 Å². The minimum absolute atomic E-state index is 0.0324. The first-order valence-corrected chi connectivity index (χ1v) is 10.2. The number of ether oxygens (including phenoxy) is 2. The van der Waals surface area contributed by atoms with E-state index < -0.39 is 0 Å². The molecule has 0 radical (unpaired) electrons. The molecule has 2 aromatic carbocycles. The van der Waals surface area contributed by atoms with Crippen LogP contribution in [0.15, 0.2) is 71.5 Å². The van der Waals surface area contributed by atoms with Crippen LogP contribution in [0, 0.1) is 0 Å². The number of aromatic nitrogens is 3. The van der Waals surface area contributed by atoms with Crippen LogP contribution in [0.4, 0.5) is 0 Å². The van der Waals surface area contributed by atoms with Crippen LogP contribution in [0.25, 0.3) is 11.0 Å². The molecule has 0 saturated carbocycles. The lowest BCUT2D eigenvalue weighted by atomic mass is 10.1. The second kappa shape index (κ2) is 8.76. The molecule has 0 fully saturated rings. The number of halogens is 1. The normalized spacial score (nSPS) is 12.2. The zero-order valence-electron chi connectivity index (χ0n) is 16.4. The average molecular weight is 452 g/mol. The van der Waals surface area contributed by atoms with Crippen molar-refractivity contribution >= 4 is 27.0 Å². The van der Waals surface area contributed by atoms with Crippen LogP contribution in [-0.2, 0) is 18.0 Å². The summed E-state index contributed by atoms with van der Waals surface area (Å²) < 4.78 is 14.8. The largest absolute Gasteiger partial charge is 0.496 e. The zero-order valence-corrected chi connectivity index (χ0v) is 18.0. The number of nitrogens with zero attached hydrogens (tertiary/aromatic N) is 3. The minimum atomic E-state index is 0.0324. The summed E-state index contributed by atoms with van der Waals surface area (Å²) in [5, 5.41) is 0. The van der Waals surface area contributed by atoms with Crippen molar-refractivity contribution < 1.29 is 9.47 Å². The summed E-state index contributed by atoms with van der Waals surface area (Å²) >= 11 is 3.59. The number of methoxy groups -OCH3 is 1. The van der Waals surface area contributed by atoms with E-state index in [1.54, 1.807) is 19.5 Å². The van der Waals surface area contributed by atoms with Crippen molar-refractivity contribution in [3.05, 3.63) is 88.4 Å². The van der Waals surface area contributed by atoms with Gasteiger partial charge >= 0.3 is 0 Å². The van der Waals surface area contributed by atoms with Crippen molar-refractivity contribution in [2.45, 2.75) is 26.2 Å². The molecule has 0 bridgehead atoms. The van der Waals surface area contributed by atoms with Crippen LogP contribution in [0.2, 0.25) is 0 Å². The Hall–Kier alpha value is -2.70. The summed E-state index contributed by atoms with van der Waals surface area (Å²) in [7, 11) is 1.70. The zero-order chi connectivity index (χ0) is 20.2. The molecule has 2 heterocycles.